The van der Waals surface area contributed by atoms with Crippen LogP contribution in [0.1, 0.15) is 62.1 Å². The Labute approximate surface area is 175 Å². The summed E-state index contributed by atoms with van der Waals surface area (Å²) in [6.07, 6.45) is 9.64. The van der Waals surface area contributed by atoms with Crippen LogP contribution in [0.15, 0.2) is 36.4 Å². The summed E-state index contributed by atoms with van der Waals surface area (Å²) in [6.45, 7) is 3.74. The van der Waals surface area contributed by atoms with E-state index in [9.17, 15) is 17.6 Å². The zero-order chi connectivity index (χ0) is 21.7. The van der Waals surface area contributed by atoms with Gasteiger partial charge < -0.3 is 4.74 Å². The molecule has 1 aliphatic rings. The summed E-state index contributed by atoms with van der Waals surface area (Å²) in [5, 5.41) is 0. The molecule has 0 aliphatic heterocycles. The summed E-state index contributed by atoms with van der Waals surface area (Å²) >= 11 is 0. The fraction of sp³-hybridized carbons (Fsp3) is 0.360. The lowest BCUT2D eigenvalue weighted by Gasteiger charge is -2.27. The summed E-state index contributed by atoms with van der Waals surface area (Å²) < 4.78 is 62.0. The van der Waals surface area contributed by atoms with Gasteiger partial charge in [-0.2, -0.15) is 4.39 Å². The molecule has 160 valence electrons. The normalized spacial score (nSPS) is 19.7. The molecule has 3 rings (SSSR count). The van der Waals surface area contributed by atoms with Crippen molar-refractivity contribution >= 4 is 12.2 Å². The minimum atomic E-state index is -0.935. The summed E-state index contributed by atoms with van der Waals surface area (Å²) in [7, 11) is 0. The summed E-state index contributed by atoms with van der Waals surface area (Å²) in [6, 6.07) is 6.21. The zero-order valence-electron chi connectivity index (χ0n) is 17.2. The van der Waals surface area contributed by atoms with Gasteiger partial charge in [0.15, 0.2) is 23.2 Å². The number of ether oxygens (including phenoxy) is 1. The number of halogens is 4. The summed E-state index contributed by atoms with van der Waals surface area (Å²) in [4.78, 5) is 0. The molecule has 1 nitrogen and oxygen atoms in total. The SMILES string of the molecule is CC=Cc1ccc(C=CC2CCC(c3ccc(OCC)c(F)c3F)CC2)c(F)c1F. The first-order chi connectivity index (χ1) is 14.5. The van der Waals surface area contributed by atoms with E-state index in [4.69, 9.17) is 4.74 Å². The first-order valence-corrected chi connectivity index (χ1v) is 10.4. The zero-order valence-corrected chi connectivity index (χ0v) is 17.2. The van der Waals surface area contributed by atoms with Gasteiger partial charge in [0.25, 0.3) is 0 Å². The fourth-order valence-corrected chi connectivity index (χ4v) is 4.01. The van der Waals surface area contributed by atoms with Crippen LogP contribution in [-0.2, 0) is 0 Å². The molecule has 2 aromatic rings. The van der Waals surface area contributed by atoms with E-state index in [-0.39, 0.29) is 35.3 Å². The molecule has 0 amide bonds. The van der Waals surface area contributed by atoms with Gasteiger partial charge in [-0.1, -0.05) is 42.5 Å². The molecule has 1 saturated carbocycles. The van der Waals surface area contributed by atoms with Gasteiger partial charge >= 0.3 is 0 Å². The van der Waals surface area contributed by atoms with Crippen molar-refractivity contribution in [3.63, 3.8) is 0 Å². The average Bonchev–Trinajstić information content (AvgIpc) is 2.75. The molecule has 0 bridgehead atoms. The van der Waals surface area contributed by atoms with Crippen molar-refractivity contribution in [1.82, 2.24) is 0 Å². The highest BCUT2D eigenvalue weighted by Crippen LogP contribution is 2.39. The minimum Gasteiger partial charge on any atom is -0.491 e. The maximum atomic E-state index is 14.5. The number of allylic oxidation sites excluding steroid dienone is 2. The third-order valence-corrected chi connectivity index (χ3v) is 5.62. The topological polar surface area (TPSA) is 9.23 Å². The van der Waals surface area contributed by atoms with Crippen molar-refractivity contribution < 1.29 is 22.3 Å². The molecule has 0 radical (unpaired) electrons. The van der Waals surface area contributed by atoms with Crippen molar-refractivity contribution in [2.45, 2.75) is 45.4 Å². The fourth-order valence-electron chi connectivity index (χ4n) is 4.01. The molecule has 0 heterocycles. The molecule has 5 heteroatoms. The highest BCUT2D eigenvalue weighted by Gasteiger charge is 2.26. The largest absolute Gasteiger partial charge is 0.491 e. The molecule has 0 saturated heterocycles. The molecule has 1 fully saturated rings. The lowest BCUT2D eigenvalue weighted by molar-refractivity contribution is 0.310. The summed E-state index contributed by atoms with van der Waals surface area (Å²) in [5.41, 5.74) is 0.811. The predicted molar refractivity (Wildman–Crippen MR) is 112 cm³/mol. The van der Waals surface area contributed by atoms with E-state index in [0.29, 0.717) is 18.4 Å². The van der Waals surface area contributed by atoms with E-state index in [0.717, 1.165) is 12.8 Å². The lowest BCUT2D eigenvalue weighted by atomic mass is 9.78. The van der Waals surface area contributed by atoms with Crippen LogP contribution in [0.5, 0.6) is 5.75 Å². The monoisotopic (exact) mass is 418 g/mol. The second-order valence-electron chi connectivity index (χ2n) is 7.56. The quantitative estimate of drug-likeness (QED) is 0.438. The van der Waals surface area contributed by atoms with Crippen molar-refractivity contribution in [2.24, 2.45) is 5.92 Å². The maximum absolute atomic E-state index is 14.5. The summed E-state index contributed by atoms with van der Waals surface area (Å²) in [5.74, 6) is -3.42. The Bertz CT molecular complexity index is 941. The maximum Gasteiger partial charge on any atom is 0.200 e. The van der Waals surface area contributed by atoms with Crippen molar-refractivity contribution in [1.29, 1.82) is 0 Å². The molecule has 30 heavy (non-hydrogen) atoms. The highest BCUT2D eigenvalue weighted by atomic mass is 19.2. The van der Waals surface area contributed by atoms with Gasteiger partial charge in [0.2, 0.25) is 5.82 Å². The Morgan fingerprint density at radius 2 is 1.47 bits per heavy atom. The Balaban J connectivity index is 1.65. The Kier molecular flexibility index (Phi) is 7.35. The molecule has 0 unspecified atom stereocenters. The lowest BCUT2D eigenvalue weighted by Crippen LogP contribution is -2.14. The standard InChI is InChI=1S/C25H26F4O/c1-3-5-18-12-13-19(23(27)22(18)26)11-8-16-6-9-17(10-7-16)20-14-15-21(30-4-2)25(29)24(20)28/h3,5,8,11-17H,4,6-7,9-10H2,1-2H3. The van der Waals surface area contributed by atoms with E-state index in [1.165, 1.54) is 12.1 Å². The number of benzene rings is 2. The molecule has 0 N–H and O–H groups in total. The smallest absolute Gasteiger partial charge is 0.200 e. The second-order valence-corrected chi connectivity index (χ2v) is 7.56. The van der Waals surface area contributed by atoms with Crippen molar-refractivity contribution in [3.8, 4) is 5.75 Å². The van der Waals surface area contributed by atoms with Gasteiger partial charge in [-0.25, -0.2) is 13.2 Å². The van der Waals surface area contributed by atoms with E-state index in [1.807, 2.05) is 6.08 Å². The second kappa shape index (κ2) is 9.96. The molecular formula is C25H26F4O. The van der Waals surface area contributed by atoms with E-state index < -0.39 is 23.3 Å². The third kappa shape index (κ3) is 4.77. The Hall–Kier alpha value is -2.56. The van der Waals surface area contributed by atoms with Crippen LogP contribution >= 0.6 is 0 Å². The van der Waals surface area contributed by atoms with Crippen LogP contribution in [-0.4, -0.2) is 6.61 Å². The average molecular weight is 418 g/mol. The molecular weight excluding hydrogens is 392 g/mol. The number of hydrogen-bond donors (Lipinski definition) is 0. The molecule has 1 aliphatic carbocycles. The van der Waals surface area contributed by atoms with Crippen LogP contribution in [0.2, 0.25) is 0 Å². The first-order valence-electron chi connectivity index (χ1n) is 10.4. The van der Waals surface area contributed by atoms with Gasteiger partial charge in [0, 0.05) is 11.1 Å². The van der Waals surface area contributed by atoms with Crippen LogP contribution in [0.4, 0.5) is 17.6 Å². The minimum absolute atomic E-state index is 0.0610. The van der Waals surface area contributed by atoms with Crippen LogP contribution < -0.4 is 4.74 Å². The van der Waals surface area contributed by atoms with Crippen molar-refractivity contribution in [3.05, 3.63) is 76.4 Å². The van der Waals surface area contributed by atoms with Gasteiger partial charge in [0.1, 0.15) is 0 Å². The van der Waals surface area contributed by atoms with E-state index in [2.05, 4.69) is 0 Å². The van der Waals surface area contributed by atoms with Crippen molar-refractivity contribution in [2.75, 3.05) is 6.61 Å². The highest BCUT2D eigenvalue weighted by molar-refractivity contribution is 5.57. The molecule has 0 aromatic heterocycles. The van der Waals surface area contributed by atoms with Crippen LogP contribution in [0, 0.1) is 29.2 Å². The number of rotatable bonds is 6. The molecule has 0 spiro atoms. The van der Waals surface area contributed by atoms with Crippen LogP contribution in [0.25, 0.3) is 12.2 Å². The Morgan fingerprint density at radius 1 is 0.833 bits per heavy atom. The first kappa shape index (κ1) is 22.1. The third-order valence-electron chi connectivity index (χ3n) is 5.62. The Morgan fingerprint density at radius 3 is 2.07 bits per heavy atom. The van der Waals surface area contributed by atoms with E-state index in [1.54, 1.807) is 44.2 Å². The molecule has 2 aromatic carbocycles. The van der Waals surface area contributed by atoms with Gasteiger partial charge in [0.05, 0.1) is 6.61 Å². The molecule has 0 atom stereocenters. The van der Waals surface area contributed by atoms with Gasteiger partial charge in [-0.05, 0) is 63.0 Å². The van der Waals surface area contributed by atoms with Crippen LogP contribution in [0.3, 0.4) is 0 Å². The number of hydrogen-bond acceptors (Lipinski definition) is 1. The predicted octanol–water partition coefficient (Wildman–Crippen LogP) is 7.66. The van der Waals surface area contributed by atoms with E-state index >= 15 is 0 Å². The van der Waals surface area contributed by atoms with Gasteiger partial charge in [-0.15, -0.1) is 0 Å². The van der Waals surface area contributed by atoms with Gasteiger partial charge in [-0.3, -0.25) is 0 Å².